The smallest absolute Gasteiger partial charge is 0.550 e. The molecule has 0 fully saturated rings. The Bertz CT molecular complexity index is 386. The van der Waals surface area contributed by atoms with Crippen molar-refractivity contribution in [3.8, 4) is 5.75 Å². The minimum atomic E-state index is -1.26. The minimum Gasteiger partial charge on any atom is -0.550 e. The van der Waals surface area contributed by atoms with Gasteiger partial charge < -0.3 is 14.6 Å². The van der Waals surface area contributed by atoms with Gasteiger partial charge in [0.25, 0.3) is 0 Å². The van der Waals surface area contributed by atoms with E-state index in [9.17, 15) is 14.7 Å². The molecule has 0 bridgehead atoms. The fourth-order valence-electron chi connectivity index (χ4n) is 1.16. The third kappa shape index (κ3) is 5.86. The third-order valence-electron chi connectivity index (χ3n) is 2.11. The van der Waals surface area contributed by atoms with Crippen molar-refractivity contribution in [1.82, 2.24) is 0 Å². The number of carboxylic acid groups (broad SMARTS) is 1. The zero-order chi connectivity index (χ0) is 12.1. The molecular formula is C12H13NaO4. The number of ether oxygens (including phenoxy) is 1. The molecule has 86 valence electrons. The van der Waals surface area contributed by atoms with Crippen molar-refractivity contribution in [2.45, 2.75) is 20.3 Å². The standard InChI is InChI=1S/C12H14O4.Na/c1-8-3-5-10(6-4-8)16-12(15)9(2)7-11(13)14;/h3-6,9H,7H2,1-2H3,(H,13,14);/q;+1/p-1. The summed E-state index contributed by atoms with van der Waals surface area (Å²) in [5, 5.41) is 10.3. The zero-order valence-electron chi connectivity index (χ0n) is 10.2. The third-order valence-corrected chi connectivity index (χ3v) is 2.11. The molecule has 4 nitrogen and oxygen atoms in total. The van der Waals surface area contributed by atoms with Crippen LogP contribution in [0.25, 0.3) is 0 Å². The van der Waals surface area contributed by atoms with Crippen molar-refractivity contribution in [3.05, 3.63) is 29.8 Å². The summed E-state index contributed by atoms with van der Waals surface area (Å²) in [5.74, 6) is -2.10. The predicted molar refractivity (Wildman–Crippen MR) is 55.6 cm³/mol. The van der Waals surface area contributed by atoms with E-state index in [2.05, 4.69) is 0 Å². The average Bonchev–Trinajstić information content (AvgIpc) is 2.20. The van der Waals surface area contributed by atoms with Crippen molar-refractivity contribution in [2.24, 2.45) is 5.92 Å². The Morgan fingerprint density at radius 3 is 2.29 bits per heavy atom. The first-order chi connectivity index (χ1) is 7.49. The number of esters is 1. The van der Waals surface area contributed by atoms with Crippen LogP contribution in [0.5, 0.6) is 5.75 Å². The van der Waals surface area contributed by atoms with Crippen LogP contribution in [0.15, 0.2) is 24.3 Å². The summed E-state index contributed by atoms with van der Waals surface area (Å²) < 4.78 is 5.00. The number of aliphatic carboxylic acids is 1. The van der Waals surface area contributed by atoms with Crippen LogP contribution in [-0.4, -0.2) is 11.9 Å². The molecule has 0 aliphatic rings. The minimum absolute atomic E-state index is 0. The van der Waals surface area contributed by atoms with E-state index in [1.165, 1.54) is 6.92 Å². The van der Waals surface area contributed by atoms with E-state index in [1.807, 2.05) is 19.1 Å². The fourth-order valence-corrected chi connectivity index (χ4v) is 1.16. The van der Waals surface area contributed by atoms with Crippen molar-refractivity contribution >= 4 is 11.9 Å². The summed E-state index contributed by atoms with van der Waals surface area (Å²) in [5.41, 5.74) is 1.06. The Hall–Kier alpha value is -0.840. The Morgan fingerprint density at radius 2 is 1.82 bits per heavy atom. The van der Waals surface area contributed by atoms with Gasteiger partial charge in [0.15, 0.2) is 0 Å². The second-order valence-electron chi connectivity index (χ2n) is 3.71. The zero-order valence-corrected chi connectivity index (χ0v) is 12.2. The van der Waals surface area contributed by atoms with Crippen LogP contribution >= 0.6 is 0 Å². The predicted octanol–water partition coefficient (Wildman–Crippen LogP) is -2.32. The van der Waals surface area contributed by atoms with Crippen LogP contribution in [0, 0.1) is 12.8 Å². The van der Waals surface area contributed by atoms with Crippen molar-refractivity contribution < 1.29 is 49.0 Å². The van der Waals surface area contributed by atoms with Gasteiger partial charge in [0.1, 0.15) is 5.75 Å². The molecule has 0 spiro atoms. The summed E-state index contributed by atoms with van der Waals surface area (Å²) in [6, 6.07) is 6.95. The molecule has 0 N–H and O–H groups in total. The number of hydrogen-bond donors (Lipinski definition) is 0. The number of carbonyl (C=O) groups is 2. The maximum atomic E-state index is 11.4. The molecule has 0 amide bonds. The van der Waals surface area contributed by atoms with Gasteiger partial charge in [-0.15, -0.1) is 0 Å². The number of aryl methyl sites for hydroxylation is 1. The summed E-state index contributed by atoms with van der Waals surface area (Å²) in [7, 11) is 0. The molecule has 0 aliphatic carbocycles. The Labute approximate surface area is 122 Å². The summed E-state index contributed by atoms with van der Waals surface area (Å²) >= 11 is 0. The van der Waals surface area contributed by atoms with Gasteiger partial charge in [-0.05, 0) is 25.5 Å². The number of carboxylic acids is 1. The topological polar surface area (TPSA) is 66.4 Å². The molecule has 0 saturated carbocycles. The van der Waals surface area contributed by atoms with Gasteiger partial charge in [0, 0.05) is 5.97 Å². The molecule has 1 atom stereocenters. The molecule has 0 heterocycles. The summed E-state index contributed by atoms with van der Waals surface area (Å²) in [6.45, 7) is 3.41. The van der Waals surface area contributed by atoms with Gasteiger partial charge in [-0.2, -0.15) is 0 Å². The van der Waals surface area contributed by atoms with Crippen molar-refractivity contribution in [2.75, 3.05) is 0 Å². The van der Waals surface area contributed by atoms with E-state index in [-0.39, 0.29) is 36.0 Å². The quantitative estimate of drug-likeness (QED) is 0.339. The molecule has 1 aromatic carbocycles. The van der Waals surface area contributed by atoms with Gasteiger partial charge in [-0.1, -0.05) is 24.6 Å². The van der Waals surface area contributed by atoms with Crippen LogP contribution in [0.1, 0.15) is 18.9 Å². The van der Waals surface area contributed by atoms with Crippen LogP contribution < -0.4 is 39.4 Å². The maximum Gasteiger partial charge on any atom is 1.00 e. The van der Waals surface area contributed by atoms with Gasteiger partial charge in [-0.3, -0.25) is 4.79 Å². The first-order valence-electron chi connectivity index (χ1n) is 4.97. The summed E-state index contributed by atoms with van der Waals surface area (Å²) in [4.78, 5) is 21.7. The van der Waals surface area contributed by atoms with E-state index in [0.717, 1.165) is 5.56 Å². The van der Waals surface area contributed by atoms with E-state index >= 15 is 0 Å². The molecule has 0 aromatic heterocycles. The van der Waals surface area contributed by atoms with Crippen LogP contribution in [0.3, 0.4) is 0 Å². The normalized spacial score (nSPS) is 11.2. The number of rotatable bonds is 4. The van der Waals surface area contributed by atoms with E-state index < -0.39 is 17.9 Å². The average molecular weight is 244 g/mol. The SMILES string of the molecule is Cc1ccc(OC(=O)C(C)CC(=O)[O-])cc1.[Na+]. The molecule has 1 rings (SSSR count). The first-order valence-corrected chi connectivity index (χ1v) is 4.97. The van der Waals surface area contributed by atoms with Crippen molar-refractivity contribution in [3.63, 3.8) is 0 Å². The molecule has 0 aliphatic heterocycles. The molecule has 0 saturated heterocycles. The van der Waals surface area contributed by atoms with Crippen LogP contribution in [0.2, 0.25) is 0 Å². The summed E-state index contributed by atoms with van der Waals surface area (Å²) in [6.07, 6.45) is -0.329. The number of hydrogen-bond acceptors (Lipinski definition) is 4. The van der Waals surface area contributed by atoms with Crippen LogP contribution in [0.4, 0.5) is 0 Å². The van der Waals surface area contributed by atoms with E-state index in [1.54, 1.807) is 12.1 Å². The largest absolute Gasteiger partial charge is 1.00 e. The molecular weight excluding hydrogens is 231 g/mol. The molecule has 5 heteroatoms. The Morgan fingerprint density at radius 1 is 1.29 bits per heavy atom. The van der Waals surface area contributed by atoms with Gasteiger partial charge in [-0.25, -0.2) is 0 Å². The van der Waals surface area contributed by atoms with Gasteiger partial charge in [0.2, 0.25) is 0 Å². The molecule has 17 heavy (non-hydrogen) atoms. The van der Waals surface area contributed by atoms with E-state index in [4.69, 9.17) is 4.74 Å². The molecule has 0 radical (unpaired) electrons. The first kappa shape index (κ1) is 16.2. The number of benzene rings is 1. The second-order valence-corrected chi connectivity index (χ2v) is 3.71. The van der Waals surface area contributed by atoms with Gasteiger partial charge in [0.05, 0.1) is 5.92 Å². The second kappa shape index (κ2) is 7.48. The van der Waals surface area contributed by atoms with E-state index in [0.29, 0.717) is 5.75 Å². The number of carbonyl (C=O) groups excluding carboxylic acids is 2. The molecule has 1 aromatic rings. The molecule has 1 unspecified atom stereocenters. The Balaban J connectivity index is 0.00000256. The maximum absolute atomic E-state index is 11.4. The van der Waals surface area contributed by atoms with Gasteiger partial charge >= 0.3 is 35.5 Å². The fraction of sp³-hybridized carbons (Fsp3) is 0.333. The Kier molecular flexibility index (Phi) is 7.11. The van der Waals surface area contributed by atoms with Crippen LogP contribution in [-0.2, 0) is 9.59 Å². The van der Waals surface area contributed by atoms with Crippen molar-refractivity contribution in [1.29, 1.82) is 0 Å². The monoisotopic (exact) mass is 244 g/mol.